The molecule has 0 unspecified atom stereocenters. The molecule has 0 saturated heterocycles. The lowest BCUT2D eigenvalue weighted by atomic mass is 10.3. The lowest BCUT2D eigenvalue weighted by Gasteiger charge is -2.16. The molecule has 3 N–H and O–H groups in total. The van der Waals surface area contributed by atoms with Crippen LogP contribution in [0.2, 0.25) is 0 Å². The molecule has 4 rings (SSSR count). The van der Waals surface area contributed by atoms with Crippen molar-refractivity contribution in [3.63, 3.8) is 0 Å². The predicted molar refractivity (Wildman–Crippen MR) is 120 cm³/mol. The van der Waals surface area contributed by atoms with Crippen LogP contribution in [0.4, 0.5) is 11.6 Å². The van der Waals surface area contributed by atoms with E-state index in [-0.39, 0.29) is 24.3 Å². The van der Waals surface area contributed by atoms with Crippen molar-refractivity contribution in [3.8, 4) is 11.5 Å². The molecule has 4 aromatic rings. The molecule has 2 heterocycles. The number of aromatic amines is 1. The molecule has 10 heteroatoms. The van der Waals surface area contributed by atoms with Crippen LogP contribution in [-0.2, 0) is 13.6 Å². The van der Waals surface area contributed by atoms with E-state index in [4.69, 9.17) is 9.47 Å². The molecule has 0 aliphatic rings. The van der Waals surface area contributed by atoms with Gasteiger partial charge in [0.1, 0.15) is 24.2 Å². The number of aromatic nitrogens is 4. The van der Waals surface area contributed by atoms with Gasteiger partial charge in [-0.15, -0.1) is 0 Å². The van der Waals surface area contributed by atoms with E-state index in [1.807, 2.05) is 30.3 Å². The van der Waals surface area contributed by atoms with Crippen LogP contribution in [0.1, 0.15) is 0 Å². The van der Waals surface area contributed by atoms with Gasteiger partial charge >= 0.3 is 5.69 Å². The van der Waals surface area contributed by atoms with Crippen LogP contribution in [0.5, 0.6) is 11.5 Å². The Bertz CT molecular complexity index is 1330. The number of aryl methyl sites for hydroxylation is 1. The Morgan fingerprint density at radius 3 is 2.47 bits per heavy atom. The minimum Gasteiger partial charge on any atom is -0.497 e. The molecule has 166 valence electrons. The maximum Gasteiger partial charge on any atom is 0.329 e. The van der Waals surface area contributed by atoms with Crippen LogP contribution in [0.25, 0.3) is 11.2 Å². The van der Waals surface area contributed by atoms with Crippen LogP contribution in [0.3, 0.4) is 0 Å². The third kappa shape index (κ3) is 4.35. The van der Waals surface area contributed by atoms with Gasteiger partial charge in [-0.25, -0.2) is 4.79 Å². The van der Waals surface area contributed by atoms with E-state index in [0.29, 0.717) is 17.4 Å². The maximum absolute atomic E-state index is 12.6. The number of imidazole rings is 1. The average molecular weight is 437 g/mol. The number of ether oxygens (including phenoxy) is 2. The number of hydrogen-bond acceptors (Lipinski definition) is 7. The number of anilines is 2. The van der Waals surface area contributed by atoms with Crippen LogP contribution >= 0.6 is 0 Å². The van der Waals surface area contributed by atoms with Crippen LogP contribution in [-0.4, -0.2) is 44.0 Å². The number of aliphatic hydroxyl groups is 1. The third-order valence-electron chi connectivity index (χ3n) is 4.93. The number of aliphatic hydroxyl groups excluding tert-OH is 1. The van der Waals surface area contributed by atoms with Gasteiger partial charge in [-0.3, -0.25) is 14.3 Å². The summed E-state index contributed by atoms with van der Waals surface area (Å²) in [7, 11) is 3.10. The van der Waals surface area contributed by atoms with E-state index >= 15 is 0 Å². The largest absolute Gasteiger partial charge is 0.497 e. The number of benzene rings is 2. The highest BCUT2D eigenvalue weighted by Crippen LogP contribution is 2.21. The Balaban J connectivity index is 1.63. The summed E-state index contributed by atoms with van der Waals surface area (Å²) in [4.78, 5) is 31.3. The summed E-state index contributed by atoms with van der Waals surface area (Å²) in [5.41, 5.74) is -0.0225. The smallest absolute Gasteiger partial charge is 0.329 e. The van der Waals surface area contributed by atoms with Gasteiger partial charge in [0, 0.05) is 12.7 Å². The summed E-state index contributed by atoms with van der Waals surface area (Å²) in [5, 5.41) is 13.8. The second kappa shape index (κ2) is 8.98. The van der Waals surface area contributed by atoms with Crippen molar-refractivity contribution in [1.82, 2.24) is 19.1 Å². The Morgan fingerprint density at radius 1 is 1.09 bits per heavy atom. The van der Waals surface area contributed by atoms with Crippen molar-refractivity contribution >= 4 is 22.8 Å². The zero-order chi connectivity index (χ0) is 22.7. The average Bonchev–Trinajstić information content (AvgIpc) is 3.15. The van der Waals surface area contributed by atoms with Gasteiger partial charge in [0.25, 0.3) is 5.56 Å². The van der Waals surface area contributed by atoms with Gasteiger partial charge in [-0.05, 0) is 36.4 Å². The van der Waals surface area contributed by atoms with E-state index in [0.717, 1.165) is 5.69 Å². The molecule has 0 bridgehead atoms. The summed E-state index contributed by atoms with van der Waals surface area (Å²) in [6.07, 6.45) is -0.956. The number of para-hydroxylation sites is 1. The Morgan fingerprint density at radius 2 is 1.78 bits per heavy atom. The van der Waals surface area contributed by atoms with Crippen molar-refractivity contribution < 1.29 is 14.6 Å². The highest BCUT2D eigenvalue weighted by Gasteiger charge is 2.20. The Hall–Kier alpha value is -4.05. The monoisotopic (exact) mass is 437 g/mol. The molecule has 2 aromatic heterocycles. The molecule has 1 atom stereocenters. The van der Waals surface area contributed by atoms with Crippen molar-refractivity contribution in [2.45, 2.75) is 12.6 Å². The first kappa shape index (κ1) is 21.2. The minimum atomic E-state index is -0.956. The second-order valence-electron chi connectivity index (χ2n) is 7.17. The van der Waals surface area contributed by atoms with Gasteiger partial charge in [0.2, 0.25) is 5.95 Å². The second-order valence-corrected chi connectivity index (χ2v) is 7.17. The first-order valence-electron chi connectivity index (χ1n) is 9.93. The number of hydrogen-bond donors (Lipinski definition) is 3. The number of nitrogens with one attached hydrogen (secondary N) is 2. The number of fused-ring (bicyclic) bond motifs is 1. The van der Waals surface area contributed by atoms with E-state index in [9.17, 15) is 14.7 Å². The molecule has 0 amide bonds. The van der Waals surface area contributed by atoms with Crippen molar-refractivity contribution in [2.24, 2.45) is 7.05 Å². The number of H-pyrrole nitrogens is 1. The topological polar surface area (TPSA) is 123 Å². The predicted octanol–water partition coefficient (Wildman–Crippen LogP) is 1.62. The summed E-state index contributed by atoms with van der Waals surface area (Å²) in [6, 6.07) is 16.3. The maximum atomic E-state index is 12.6. The minimum absolute atomic E-state index is 0.0134. The molecule has 0 aliphatic carbocycles. The standard InChI is InChI=1S/C22H23N5O5/c1-26-19-18(20(29)25-22(26)30)27(21(24-19)23-14-6-4-3-5-7-14)12-15(28)13-32-17-10-8-16(31-2)9-11-17/h3-11,15,28H,12-13H2,1-2H3,(H,23,24)(H,25,29,30)/t15-/m0/s1. The van der Waals surface area contributed by atoms with Gasteiger partial charge < -0.3 is 24.5 Å². The fourth-order valence-electron chi connectivity index (χ4n) is 3.29. The van der Waals surface area contributed by atoms with Crippen molar-refractivity contribution in [3.05, 3.63) is 75.4 Å². The lowest BCUT2D eigenvalue weighted by molar-refractivity contribution is 0.0938. The Labute approximate surface area is 182 Å². The molecular formula is C22H23N5O5. The molecule has 0 spiro atoms. The molecule has 0 radical (unpaired) electrons. The van der Waals surface area contributed by atoms with Gasteiger partial charge in [0.05, 0.1) is 13.7 Å². The highest BCUT2D eigenvalue weighted by atomic mass is 16.5. The summed E-state index contributed by atoms with van der Waals surface area (Å²) in [5.74, 6) is 1.59. The molecule has 10 nitrogen and oxygen atoms in total. The molecule has 0 aliphatic heterocycles. The SMILES string of the molecule is COc1ccc(OC[C@@H](O)Cn2c(Nc3ccccc3)nc3c2c(=O)[nH]c(=O)n3C)cc1. The molecule has 32 heavy (non-hydrogen) atoms. The van der Waals surface area contributed by atoms with Gasteiger partial charge in [0.15, 0.2) is 11.2 Å². The first-order chi connectivity index (χ1) is 15.5. The van der Waals surface area contributed by atoms with Gasteiger partial charge in [-0.1, -0.05) is 18.2 Å². The highest BCUT2D eigenvalue weighted by molar-refractivity contribution is 5.75. The number of rotatable bonds is 8. The number of nitrogens with zero attached hydrogens (tertiary/aromatic N) is 3. The van der Waals surface area contributed by atoms with Crippen LogP contribution in [0, 0.1) is 0 Å². The summed E-state index contributed by atoms with van der Waals surface area (Å²) in [6.45, 7) is 0.00353. The fourth-order valence-corrected chi connectivity index (χ4v) is 3.29. The van der Waals surface area contributed by atoms with Crippen LogP contribution in [0.15, 0.2) is 64.2 Å². The van der Waals surface area contributed by atoms with Crippen molar-refractivity contribution in [2.75, 3.05) is 19.0 Å². The molecular weight excluding hydrogens is 414 g/mol. The van der Waals surface area contributed by atoms with E-state index in [1.165, 1.54) is 11.6 Å². The fraction of sp³-hybridized carbons (Fsp3) is 0.227. The first-order valence-corrected chi connectivity index (χ1v) is 9.93. The lowest BCUT2D eigenvalue weighted by Crippen LogP contribution is -2.30. The van der Waals surface area contributed by atoms with E-state index < -0.39 is 17.4 Å². The van der Waals surface area contributed by atoms with Gasteiger partial charge in [-0.2, -0.15) is 4.98 Å². The third-order valence-corrected chi connectivity index (χ3v) is 4.93. The quantitative estimate of drug-likeness (QED) is 0.383. The molecule has 0 saturated carbocycles. The van der Waals surface area contributed by atoms with E-state index in [1.54, 1.807) is 35.9 Å². The summed E-state index contributed by atoms with van der Waals surface area (Å²) >= 11 is 0. The molecule has 2 aromatic carbocycles. The summed E-state index contributed by atoms with van der Waals surface area (Å²) < 4.78 is 13.6. The zero-order valence-corrected chi connectivity index (χ0v) is 17.6. The number of methoxy groups -OCH3 is 1. The molecule has 0 fully saturated rings. The normalized spacial score (nSPS) is 12.0. The van der Waals surface area contributed by atoms with Crippen molar-refractivity contribution in [1.29, 1.82) is 0 Å². The Kier molecular flexibility index (Phi) is 5.95. The zero-order valence-electron chi connectivity index (χ0n) is 17.6. The van der Waals surface area contributed by atoms with Crippen LogP contribution < -0.4 is 26.0 Å². The van der Waals surface area contributed by atoms with E-state index in [2.05, 4.69) is 15.3 Å².